The predicted octanol–water partition coefficient (Wildman–Crippen LogP) is 1.85. The minimum absolute atomic E-state index is 0.526. The lowest BCUT2D eigenvalue weighted by Gasteiger charge is -2.10. The summed E-state index contributed by atoms with van der Waals surface area (Å²) in [6.07, 6.45) is 3.97. The van der Waals surface area contributed by atoms with Crippen LogP contribution >= 0.6 is 0 Å². The van der Waals surface area contributed by atoms with Crippen LogP contribution in [0.5, 0.6) is 0 Å². The molecule has 0 saturated carbocycles. The van der Waals surface area contributed by atoms with Gasteiger partial charge in [-0.2, -0.15) is 0 Å². The molecule has 1 N–H and O–H groups in total. The van der Waals surface area contributed by atoms with Crippen molar-refractivity contribution in [1.29, 1.82) is 0 Å². The van der Waals surface area contributed by atoms with Crippen molar-refractivity contribution >= 4 is 6.29 Å². The minimum Gasteiger partial charge on any atom is -0.310 e. The molecule has 1 fully saturated rings. The van der Waals surface area contributed by atoms with Gasteiger partial charge in [0.1, 0.15) is 6.29 Å². The van der Waals surface area contributed by atoms with E-state index >= 15 is 0 Å². The van der Waals surface area contributed by atoms with Gasteiger partial charge in [0.15, 0.2) is 0 Å². The van der Waals surface area contributed by atoms with Crippen LogP contribution in [0.2, 0.25) is 0 Å². The Kier molecular flexibility index (Phi) is 2.94. The van der Waals surface area contributed by atoms with Crippen molar-refractivity contribution in [3.63, 3.8) is 0 Å². The molecule has 0 radical (unpaired) electrons. The summed E-state index contributed by atoms with van der Waals surface area (Å²) < 4.78 is 0. The molecule has 1 aromatic rings. The van der Waals surface area contributed by atoms with Crippen LogP contribution in [0.15, 0.2) is 24.3 Å². The molecule has 0 bridgehead atoms. The van der Waals surface area contributed by atoms with Crippen LogP contribution in [0.25, 0.3) is 0 Å². The zero-order chi connectivity index (χ0) is 9.80. The first-order valence-corrected chi connectivity index (χ1v) is 5.16. The number of rotatable bonds is 3. The van der Waals surface area contributed by atoms with E-state index in [1.54, 1.807) is 0 Å². The maximum atomic E-state index is 10.3. The van der Waals surface area contributed by atoms with Crippen LogP contribution in [0.3, 0.4) is 0 Å². The second-order valence-corrected chi connectivity index (χ2v) is 3.76. The van der Waals surface area contributed by atoms with Gasteiger partial charge in [0.05, 0.1) is 0 Å². The summed E-state index contributed by atoms with van der Waals surface area (Å²) in [6.45, 7) is 1.13. The lowest BCUT2D eigenvalue weighted by atomic mass is 10.0. The van der Waals surface area contributed by atoms with Gasteiger partial charge >= 0.3 is 0 Å². The highest BCUT2D eigenvalue weighted by molar-refractivity contribution is 5.54. The van der Waals surface area contributed by atoms with Gasteiger partial charge < -0.3 is 10.1 Å². The maximum absolute atomic E-state index is 10.3. The van der Waals surface area contributed by atoms with Gasteiger partial charge in [-0.1, -0.05) is 24.3 Å². The summed E-state index contributed by atoms with van der Waals surface area (Å²) in [5, 5.41) is 3.45. The zero-order valence-electron chi connectivity index (χ0n) is 8.20. The molecule has 1 aliphatic heterocycles. The van der Waals surface area contributed by atoms with Gasteiger partial charge in [0.25, 0.3) is 0 Å². The SMILES string of the molecule is O=CCc1ccc([C@@H]2CCCN2)cc1. The molecule has 2 rings (SSSR count). The lowest BCUT2D eigenvalue weighted by Crippen LogP contribution is -2.12. The molecule has 14 heavy (non-hydrogen) atoms. The van der Waals surface area contributed by atoms with E-state index in [2.05, 4.69) is 17.4 Å². The quantitative estimate of drug-likeness (QED) is 0.735. The Hall–Kier alpha value is -1.15. The fraction of sp³-hybridized carbons (Fsp3) is 0.417. The third kappa shape index (κ3) is 2.02. The largest absolute Gasteiger partial charge is 0.310 e. The summed E-state index contributed by atoms with van der Waals surface area (Å²) in [4.78, 5) is 10.3. The topological polar surface area (TPSA) is 29.1 Å². The first-order valence-electron chi connectivity index (χ1n) is 5.16. The molecule has 1 atom stereocenters. The van der Waals surface area contributed by atoms with Crippen molar-refractivity contribution in [1.82, 2.24) is 5.32 Å². The Morgan fingerprint density at radius 1 is 1.36 bits per heavy atom. The number of hydrogen-bond donors (Lipinski definition) is 1. The number of hydrogen-bond acceptors (Lipinski definition) is 2. The molecule has 1 aromatic carbocycles. The normalized spacial score (nSPS) is 21.0. The van der Waals surface area contributed by atoms with E-state index in [1.165, 1.54) is 18.4 Å². The van der Waals surface area contributed by atoms with Crippen molar-refractivity contribution in [2.75, 3.05) is 6.54 Å². The molecule has 74 valence electrons. The Morgan fingerprint density at radius 2 is 2.14 bits per heavy atom. The summed E-state index contributed by atoms with van der Waals surface area (Å²) in [6, 6.07) is 8.87. The van der Waals surface area contributed by atoms with E-state index in [9.17, 15) is 4.79 Å². The third-order valence-corrected chi connectivity index (χ3v) is 2.76. The Bertz CT molecular complexity index is 299. The fourth-order valence-electron chi connectivity index (χ4n) is 1.95. The molecule has 0 amide bonds. The molecule has 2 heteroatoms. The first-order chi connectivity index (χ1) is 6.90. The van der Waals surface area contributed by atoms with Gasteiger partial charge in [-0.25, -0.2) is 0 Å². The number of benzene rings is 1. The molecule has 1 saturated heterocycles. The second-order valence-electron chi connectivity index (χ2n) is 3.76. The van der Waals surface area contributed by atoms with Crippen LogP contribution in [-0.4, -0.2) is 12.8 Å². The predicted molar refractivity (Wildman–Crippen MR) is 56.2 cm³/mol. The van der Waals surface area contributed by atoms with E-state index < -0.39 is 0 Å². The van der Waals surface area contributed by atoms with Gasteiger partial charge in [-0.15, -0.1) is 0 Å². The lowest BCUT2D eigenvalue weighted by molar-refractivity contribution is -0.107. The molecule has 2 nitrogen and oxygen atoms in total. The number of aldehydes is 1. The highest BCUT2D eigenvalue weighted by Crippen LogP contribution is 2.22. The zero-order valence-corrected chi connectivity index (χ0v) is 8.20. The van der Waals surface area contributed by atoms with Crippen molar-refractivity contribution in [3.05, 3.63) is 35.4 Å². The summed E-state index contributed by atoms with van der Waals surface area (Å²) >= 11 is 0. The van der Waals surface area contributed by atoms with Gasteiger partial charge in [0.2, 0.25) is 0 Å². The third-order valence-electron chi connectivity index (χ3n) is 2.76. The van der Waals surface area contributed by atoms with Crippen LogP contribution in [0.4, 0.5) is 0 Å². The van der Waals surface area contributed by atoms with Crippen molar-refractivity contribution in [3.8, 4) is 0 Å². The van der Waals surface area contributed by atoms with Gasteiger partial charge in [-0.05, 0) is 30.5 Å². The average Bonchev–Trinajstić information content (AvgIpc) is 2.72. The van der Waals surface area contributed by atoms with Gasteiger partial charge in [-0.3, -0.25) is 0 Å². The molecule has 0 aliphatic carbocycles. The molecule has 0 spiro atoms. The Balaban J connectivity index is 2.08. The van der Waals surface area contributed by atoms with Crippen LogP contribution in [0.1, 0.15) is 30.0 Å². The van der Waals surface area contributed by atoms with E-state index in [-0.39, 0.29) is 0 Å². The average molecular weight is 189 g/mol. The van der Waals surface area contributed by atoms with Crippen molar-refractivity contribution in [2.24, 2.45) is 0 Å². The number of carbonyl (C=O) groups excluding carboxylic acids is 1. The monoisotopic (exact) mass is 189 g/mol. The van der Waals surface area contributed by atoms with Crippen LogP contribution in [0, 0.1) is 0 Å². The number of carbonyl (C=O) groups is 1. The standard InChI is InChI=1S/C12H15NO/c14-9-7-10-3-5-11(6-4-10)12-2-1-8-13-12/h3-6,9,12-13H,1-2,7-8H2/t12-/m0/s1. The Morgan fingerprint density at radius 3 is 2.71 bits per heavy atom. The Labute approximate surface area is 84.3 Å². The molecular formula is C12H15NO. The first kappa shape index (κ1) is 9.41. The van der Waals surface area contributed by atoms with Gasteiger partial charge in [0, 0.05) is 12.5 Å². The summed E-state index contributed by atoms with van der Waals surface area (Å²) in [5.74, 6) is 0. The molecular weight excluding hydrogens is 174 g/mol. The maximum Gasteiger partial charge on any atom is 0.124 e. The second kappa shape index (κ2) is 4.38. The van der Waals surface area contributed by atoms with E-state index in [0.29, 0.717) is 12.5 Å². The fourth-order valence-corrected chi connectivity index (χ4v) is 1.95. The molecule has 0 unspecified atom stereocenters. The van der Waals surface area contributed by atoms with Crippen molar-refractivity contribution < 1.29 is 4.79 Å². The van der Waals surface area contributed by atoms with E-state index in [0.717, 1.165) is 18.4 Å². The number of nitrogens with one attached hydrogen (secondary N) is 1. The van der Waals surface area contributed by atoms with E-state index in [4.69, 9.17) is 0 Å². The summed E-state index contributed by atoms with van der Waals surface area (Å²) in [5.41, 5.74) is 2.44. The van der Waals surface area contributed by atoms with E-state index in [1.807, 2.05) is 12.1 Å². The van der Waals surface area contributed by atoms with Crippen LogP contribution in [-0.2, 0) is 11.2 Å². The minimum atomic E-state index is 0.526. The highest BCUT2D eigenvalue weighted by atomic mass is 16.1. The van der Waals surface area contributed by atoms with Crippen molar-refractivity contribution in [2.45, 2.75) is 25.3 Å². The molecule has 1 heterocycles. The van der Waals surface area contributed by atoms with Crippen LogP contribution < -0.4 is 5.32 Å². The molecule has 1 aliphatic rings. The highest BCUT2D eigenvalue weighted by Gasteiger charge is 2.15. The summed E-state index contributed by atoms with van der Waals surface area (Å²) in [7, 11) is 0. The molecule has 0 aromatic heterocycles. The smallest absolute Gasteiger partial charge is 0.124 e.